The monoisotopic (exact) mass is 794 g/mol. The van der Waals surface area contributed by atoms with Crippen LogP contribution in [0.3, 0.4) is 0 Å². The highest BCUT2D eigenvalue weighted by atomic mass is 32.2. The Hall–Kier alpha value is -4.70. The van der Waals surface area contributed by atoms with E-state index < -0.39 is 23.6 Å². The number of rotatable bonds is 14. The molecule has 0 spiro atoms. The molecule has 7 rings (SSSR count). The van der Waals surface area contributed by atoms with Crippen LogP contribution in [0.5, 0.6) is 0 Å². The summed E-state index contributed by atoms with van der Waals surface area (Å²) in [5, 5.41) is 6.54. The van der Waals surface area contributed by atoms with Crippen LogP contribution in [0, 0.1) is 11.8 Å². The zero-order chi connectivity index (χ0) is 39.6. The first-order valence-electron chi connectivity index (χ1n) is 19.3. The van der Waals surface area contributed by atoms with Crippen molar-refractivity contribution in [3.05, 3.63) is 82.4 Å². The van der Waals surface area contributed by atoms with Gasteiger partial charge < -0.3 is 39.7 Å². The van der Waals surface area contributed by atoms with Crippen LogP contribution in [0.15, 0.2) is 65.2 Å². The van der Waals surface area contributed by atoms with E-state index in [0.29, 0.717) is 96.6 Å². The number of carbonyl (C=O) groups excluding carboxylic acids is 3. The Bertz CT molecular complexity index is 1900. The van der Waals surface area contributed by atoms with Gasteiger partial charge in [-0.15, -0.1) is 0 Å². The number of benzene rings is 2. The molecule has 5 aliphatic rings. The smallest absolute Gasteiger partial charge is 0.381 e. The Morgan fingerprint density at radius 3 is 2.29 bits per heavy atom. The molecular weight excluding hydrogens is 746 g/mol. The molecule has 0 bridgehead atoms. The van der Waals surface area contributed by atoms with Gasteiger partial charge in [0.15, 0.2) is 0 Å². The highest BCUT2D eigenvalue weighted by Gasteiger charge is 2.39. The van der Waals surface area contributed by atoms with Gasteiger partial charge in [-0.05, 0) is 79.4 Å². The van der Waals surface area contributed by atoms with Crippen molar-refractivity contribution >= 4 is 47.4 Å². The van der Waals surface area contributed by atoms with E-state index in [-0.39, 0.29) is 18.0 Å². The van der Waals surface area contributed by atoms with Crippen LogP contribution in [-0.4, -0.2) is 115 Å². The van der Waals surface area contributed by atoms with Gasteiger partial charge in [-0.2, -0.15) is 13.2 Å². The molecule has 3 aliphatic heterocycles. The number of nitrogens with zero attached hydrogens (tertiary/aromatic N) is 5. The van der Waals surface area contributed by atoms with Crippen LogP contribution in [0.25, 0.3) is 0 Å². The van der Waals surface area contributed by atoms with Crippen LogP contribution in [0.2, 0.25) is 0 Å². The number of hydrogen-bond donors (Lipinski definition) is 3. The van der Waals surface area contributed by atoms with E-state index in [1.165, 1.54) is 24.4 Å². The summed E-state index contributed by atoms with van der Waals surface area (Å²) in [7, 11) is 1.52. The number of anilines is 2. The van der Waals surface area contributed by atoms with E-state index in [9.17, 15) is 27.6 Å². The predicted octanol–water partition coefficient (Wildman–Crippen LogP) is 5.17. The Morgan fingerprint density at radius 1 is 0.964 bits per heavy atom. The summed E-state index contributed by atoms with van der Waals surface area (Å²) in [6.45, 7) is 10.3. The summed E-state index contributed by atoms with van der Waals surface area (Å²) < 4.78 is 49.4. The molecule has 2 aliphatic carbocycles. The second-order valence-electron chi connectivity index (χ2n) is 15.0. The van der Waals surface area contributed by atoms with Crippen LogP contribution in [0.4, 0.5) is 24.5 Å². The van der Waals surface area contributed by atoms with Crippen molar-refractivity contribution in [2.24, 2.45) is 16.8 Å². The van der Waals surface area contributed by atoms with E-state index >= 15 is 0 Å². The van der Waals surface area contributed by atoms with Crippen LogP contribution in [0.1, 0.15) is 53.2 Å². The van der Waals surface area contributed by atoms with Crippen molar-refractivity contribution in [3.63, 3.8) is 0 Å². The lowest BCUT2D eigenvalue weighted by Gasteiger charge is -2.38. The van der Waals surface area contributed by atoms with Gasteiger partial charge in [0.25, 0.3) is 11.8 Å². The van der Waals surface area contributed by atoms with Gasteiger partial charge in [-0.25, -0.2) is 4.99 Å². The second kappa shape index (κ2) is 16.8. The van der Waals surface area contributed by atoms with Crippen LogP contribution in [-0.2, 0) is 33.3 Å². The number of hydrogen-bond acceptors (Lipinski definition) is 9. The Balaban J connectivity index is 1.05. The molecule has 2 atom stereocenters. The van der Waals surface area contributed by atoms with Gasteiger partial charge in [0.1, 0.15) is 11.5 Å². The number of likely N-dealkylation sites (tertiary alicyclic amines) is 1. The fraction of sp³-hybridized carbons (Fsp3) is 0.500. The van der Waals surface area contributed by atoms with Crippen molar-refractivity contribution in [1.29, 1.82) is 0 Å². The minimum Gasteiger partial charge on any atom is -0.381 e. The van der Waals surface area contributed by atoms with Gasteiger partial charge in [0, 0.05) is 74.8 Å². The fourth-order valence-electron chi connectivity index (χ4n) is 7.73. The number of carbonyl (C=O) groups is 3. The number of alkyl halides is 3. The molecule has 3 amide bonds. The van der Waals surface area contributed by atoms with Crippen molar-refractivity contribution < 1.29 is 32.3 Å². The average Bonchev–Trinajstić information content (AvgIpc) is 3.74. The predicted molar refractivity (Wildman–Crippen MR) is 211 cm³/mol. The topological polar surface area (TPSA) is 122 Å². The average molecular weight is 795 g/mol. The first kappa shape index (κ1) is 39.5. The number of fused-ring (bicyclic) bond motifs is 2. The third-order valence-electron chi connectivity index (χ3n) is 11.2. The number of likely N-dealkylation sites (N-methyl/N-ethyl adjacent to an activating group) is 1. The number of allylic oxidation sites excluding steroid dienone is 1. The molecule has 2 aromatic carbocycles. The quantitative estimate of drug-likeness (QED) is 0.103. The first-order chi connectivity index (χ1) is 26.9. The number of para-hydroxylation sites is 1. The van der Waals surface area contributed by atoms with Gasteiger partial charge in [0.05, 0.1) is 42.9 Å². The minimum atomic E-state index is -4.47. The van der Waals surface area contributed by atoms with Crippen molar-refractivity contribution in [1.82, 2.24) is 24.9 Å². The highest BCUT2D eigenvalue weighted by Crippen LogP contribution is 2.41. The summed E-state index contributed by atoms with van der Waals surface area (Å²) in [6.07, 6.45) is 0.545. The molecule has 0 radical (unpaired) electrons. The molecule has 2 unspecified atom stereocenters. The molecule has 56 heavy (non-hydrogen) atoms. The van der Waals surface area contributed by atoms with Gasteiger partial charge in [0.2, 0.25) is 5.91 Å². The number of amides is 3. The summed E-state index contributed by atoms with van der Waals surface area (Å²) in [6, 6.07) is 9.77. The second-order valence-corrected chi connectivity index (χ2v) is 16.1. The zero-order valence-electron chi connectivity index (χ0n) is 31.8. The lowest BCUT2D eigenvalue weighted by molar-refractivity contribution is -0.138. The van der Waals surface area contributed by atoms with Crippen LogP contribution < -0.4 is 15.4 Å². The molecule has 1 saturated carbocycles. The molecule has 2 aromatic rings. The molecule has 300 valence electrons. The summed E-state index contributed by atoms with van der Waals surface area (Å²) in [4.78, 5) is 53.2. The Labute approximate surface area is 329 Å². The van der Waals surface area contributed by atoms with Crippen molar-refractivity contribution in [2.45, 2.75) is 50.5 Å². The molecule has 3 saturated heterocycles. The maximum Gasteiger partial charge on any atom is 0.416 e. The van der Waals surface area contributed by atoms with Crippen LogP contribution >= 0.6 is 11.9 Å². The largest absolute Gasteiger partial charge is 0.416 e. The lowest BCUT2D eigenvalue weighted by Crippen LogP contribution is -2.51. The molecule has 0 aromatic heterocycles. The third-order valence-corrected chi connectivity index (χ3v) is 12.3. The number of ether oxygens (including phenoxy) is 1. The molecule has 3 heterocycles. The number of halogens is 3. The SMILES string of the molecule is C=C(/N=C/N/C(CC)=C(\C(=O)N(C)CC(=O)Nc1ccc(C(F)(F)F)c2c1CC2)N1CCN(C(=O)c2ccccc2NSC2CC2)CC1)N1CC2COCC2C1. The summed E-state index contributed by atoms with van der Waals surface area (Å²) in [5.41, 5.74) is 2.62. The van der Waals surface area contributed by atoms with Gasteiger partial charge >= 0.3 is 6.18 Å². The highest BCUT2D eigenvalue weighted by molar-refractivity contribution is 8.01. The van der Waals surface area contributed by atoms with E-state index in [2.05, 4.69) is 31.8 Å². The van der Waals surface area contributed by atoms with E-state index in [0.717, 1.165) is 50.9 Å². The maximum absolute atomic E-state index is 14.4. The van der Waals surface area contributed by atoms with E-state index in [1.54, 1.807) is 16.8 Å². The van der Waals surface area contributed by atoms with Crippen molar-refractivity contribution in [2.75, 3.05) is 76.1 Å². The molecule has 16 heteroatoms. The number of piperazine rings is 1. The third kappa shape index (κ3) is 8.80. The lowest BCUT2D eigenvalue weighted by atomic mass is 9.83. The minimum absolute atomic E-state index is 0.0918. The van der Waals surface area contributed by atoms with Crippen molar-refractivity contribution in [3.8, 4) is 0 Å². The molecule has 3 N–H and O–H groups in total. The van der Waals surface area contributed by atoms with Gasteiger partial charge in [-0.3, -0.25) is 14.4 Å². The molecule has 4 fully saturated rings. The fourth-order valence-corrected chi connectivity index (χ4v) is 8.57. The molecule has 12 nitrogen and oxygen atoms in total. The number of nitrogens with one attached hydrogen (secondary N) is 3. The maximum atomic E-state index is 14.4. The first-order valence-corrected chi connectivity index (χ1v) is 20.1. The Kier molecular flexibility index (Phi) is 11.9. The van der Waals surface area contributed by atoms with Gasteiger partial charge in [-0.1, -0.05) is 25.6 Å². The van der Waals surface area contributed by atoms with E-state index in [4.69, 9.17) is 4.74 Å². The normalized spacial score (nSPS) is 20.9. The molecular formula is C40H49F3N8O4S. The Morgan fingerprint density at radius 2 is 1.64 bits per heavy atom. The van der Waals surface area contributed by atoms with E-state index in [1.807, 2.05) is 36.1 Å². The zero-order valence-corrected chi connectivity index (χ0v) is 32.6. The standard InChI is InChI=1S/C40H49F3N8O4S/c1-4-33(45-24-44-25(2)51-19-26-22-55-23-27(26)20-51)37(39(54)48(3)21-36(52)46-34-14-13-32(40(41,42)43)29-11-12-30(29)34)49-15-17-50(18-16-49)38(53)31-7-5-6-8-35(31)47-56-28-9-10-28/h5-8,13-14,24,26-28,47H,2,4,9-12,15-23H2,1,3H3,(H,44,45)(H,46,52)/b37-33+. The summed E-state index contributed by atoms with van der Waals surface area (Å²) in [5.74, 6) is 0.500. The summed E-state index contributed by atoms with van der Waals surface area (Å²) >= 11 is 1.64. The number of aliphatic imine (C=N–C) groups is 1.